The minimum atomic E-state index is 0.362. The zero-order chi connectivity index (χ0) is 31.7. The molecule has 14 aliphatic rings. The fourth-order valence-electron chi connectivity index (χ4n) is 12.0. The number of nitrogens with zero attached hydrogens (tertiary/aromatic N) is 2. The number of fused-ring (bicyclic) bond motifs is 12. The molecule has 0 radical (unpaired) electrons. The van der Waals surface area contributed by atoms with Gasteiger partial charge in [-0.3, -0.25) is 0 Å². The van der Waals surface area contributed by atoms with Crippen molar-refractivity contribution in [3.8, 4) is 0 Å². The highest BCUT2D eigenvalue weighted by Crippen LogP contribution is 2.57. The summed E-state index contributed by atoms with van der Waals surface area (Å²) in [6, 6.07) is 7.27. The summed E-state index contributed by atoms with van der Waals surface area (Å²) in [6.45, 7) is 0. The highest BCUT2D eigenvalue weighted by Gasteiger charge is 2.42. The van der Waals surface area contributed by atoms with Crippen LogP contribution in [0.25, 0.3) is 44.4 Å². The van der Waals surface area contributed by atoms with Crippen molar-refractivity contribution in [3.63, 3.8) is 0 Å². The van der Waals surface area contributed by atoms with Gasteiger partial charge in [-0.2, -0.15) is 0 Å². The van der Waals surface area contributed by atoms with Gasteiger partial charge in [-0.05, 0) is 114 Å². The van der Waals surface area contributed by atoms with Gasteiger partial charge in [-0.25, -0.2) is 9.97 Å². The minimum absolute atomic E-state index is 0.362. The van der Waals surface area contributed by atoms with E-state index in [9.17, 15) is 0 Å². The summed E-state index contributed by atoms with van der Waals surface area (Å²) >= 11 is 7.71. The second-order valence-corrected chi connectivity index (χ2v) is 16.7. The van der Waals surface area contributed by atoms with Gasteiger partial charge >= 0.3 is 0 Å². The van der Waals surface area contributed by atoms with Gasteiger partial charge in [0, 0.05) is 69.4 Å². The zero-order valence-electron chi connectivity index (χ0n) is 27.4. The molecule has 5 heteroatoms. The minimum Gasteiger partial charge on any atom is -0.355 e. The van der Waals surface area contributed by atoms with E-state index in [4.69, 9.17) is 21.6 Å². The number of hydrogen-bond acceptors (Lipinski definition) is 2. The van der Waals surface area contributed by atoms with Crippen LogP contribution in [0.4, 0.5) is 0 Å². The van der Waals surface area contributed by atoms with Crippen LogP contribution >= 0.6 is 11.6 Å². The third kappa shape index (κ3) is 3.33. The van der Waals surface area contributed by atoms with Gasteiger partial charge in [0.05, 0.1) is 27.8 Å². The summed E-state index contributed by atoms with van der Waals surface area (Å²) in [4.78, 5) is 19.1. The lowest BCUT2D eigenvalue weighted by Gasteiger charge is -2.34. The summed E-state index contributed by atoms with van der Waals surface area (Å²) in [6.07, 6.45) is 29.2. The summed E-state index contributed by atoms with van der Waals surface area (Å²) in [5.74, 6) is 3.33. The first-order valence-corrected chi connectivity index (χ1v) is 19.3. The van der Waals surface area contributed by atoms with Crippen molar-refractivity contribution in [1.29, 1.82) is 0 Å². The lowest BCUT2D eigenvalue weighted by molar-refractivity contribution is 0.557. The molecule has 0 amide bonds. The molecule has 2 aliphatic heterocycles. The monoisotopic (exact) mass is 656 g/mol. The van der Waals surface area contributed by atoms with E-state index in [1.165, 1.54) is 105 Å². The predicted molar refractivity (Wildman–Crippen MR) is 198 cm³/mol. The number of rotatable bonds is 0. The van der Waals surface area contributed by atoms with E-state index in [0.717, 1.165) is 40.6 Å². The first kappa shape index (κ1) is 26.7. The molecule has 4 nitrogen and oxygen atoms in total. The lowest BCUT2D eigenvalue weighted by Crippen LogP contribution is -2.19. The molecule has 0 saturated heterocycles. The summed E-state index contributed by atoms with van der Waals surface area (Å²) in [5.41, 5.74) is 20.7. The van der Waals surface area contributed by atoms with Crippen LogP contribution in [-0.4, -0.2) is 19.9 Å². The molecule has 5 heterocycles. The van der Waals surface area contributed by atoms with E-state index in [1.807, 2.05) is 0 Å². The molecule has 0 aromatic carbocycles. The molecule has 3 aromatic heterocycles. The average Bonchev–Trinajstić information content (AvgIpc) is 3.94. The van der Waals surface area contributed by atoms with Gasteiger partial charge in [0.1, 0.15) is 0 Å². The van der Waals surface area contributed by atoms with Crippen LogP contribution in [-0.2, 0) is 0 Å². The molecular weight excluding hydrogens is 620 g/mol. The highest BCUT2D eigenvalue weighted by molar-refractivity contribution is 6.34. The number of aromatic nitrogens is 4. The molecule has 240 valence electrons. The SMILES string of the molecule is Clc1c2nc(cc3[nH]c(cc4[nH]c(cc5nc1C1=C5C5C=CC1CC5)c1c4C4C=CC1CC4)c1c3C3C=CC1CC3)C1=C2C2C=CC1CC2. The Morgan fingerprint density at radius 3 is 1.06 bits per heavy atom. The van der Waals surface area contributed by atoms with Crippen LogP contribution < -0.4 is 0 Å². The Kier molecular flexibility index (Phi) is 4.98. The molecular formula is C44H37ClN4. The Hall–Kier alpha value is -4.15. The van der Waals surface area contributed by atoms with E-state index in [0.29, 0.717) is 47.3 Å². The zero-order valence-corrected chi connectivity index (χ0v) is 28.2. The fourth-order valence-corrected chi connectivity index (χ4v) is 12.3. The summed E-state index contributed by atoms with van der Waals surface area (Å²) in [7, 11) is 0. The molecule has 2 N–H and O–H groups in total. The number of allylic oxidation sites excluding steroid dienone is 12. The third-order valence-corrected chi connectivity index (χ3v) is 14.4. The second-order valence-electron chi connectivity index (χ2n) is 16.4. The molecule has 0 saturated carbocycles. The maximum absolute atomic E-state index is 7.71. The molecule has 12 aliphatic carbocycles. The van der Waals surface area contributed by atoms with Crippen molar-refractivity contribution in [2.24, 2.45) is 23.7 Å². The Balaban J connectivity index is 1.21. The predicted octanol–water partition coefficient (Wildman–Crippen LogP) is 11.0. The van der Waals surface area contributed by atoms with Crippen LogP contribution in [0.2, 0.25) is 5.02 Å². The molecule has 16 bridgehead atoms. The Morgan fingerprint density at radius 1 is 0.408 bits per heavy atom. The average molecular weight is 657 g/mol. The van der Waals surface area contributed by atoms with E-state index in [1.54, 1.807) is 0 Å². The number of hydrogen-bond donors (Lipinski definition) is 2. The van der Waals surface area contributed by atoms with Crippen molar-refractivity contribution < 1.29 is 0 Å². The largest absolute Gasteiger partial charge is 0.355 e. The maximum Gasteiger partial charge on any atom is 0.0925 e. The maximum atomic E-state index is 7.71. The quantitative estimate of drug-likeness (QED) is 0.237. The number of aromatic amines is 2. The van der Waals surface area contributed by atoms with Crippen LogP contribution in [0, 0.1) is 23.7 Å². The molecule has 49 heavy (non-hydrogen) atoms. The van der Waals surface area contributed by atoms with Crippen LogP contribution in [0.1, 0.15) is 120 Å². The first-order chi connectivity index (χ1) is 24.2. The van der Waals surface area contributed by atoms with Gasteiger partial charge in [-0.15, -0.1) is 0 Å². The summed E-state index contributed by atoms with van der Waals surface area (Å²) < 4.78 is 0. The van der Waals surface area contributed by atoms with Crippen molar-refractivity contribution in [1.82, 2.24) is 19.9 Å². The Bertz CT molecular complexity index is 2310. The molecule has 0 spiro atoms. The highest BCUT2D eigenvalue weighted by atomic mass is 35.5. The second kappa shape index (κ2) is 9.14. The third-order valence-electron chi connectivity index (χ3n) is 14.1. The molecule has 0 fully saturated rings. The van der Waals surface area contributed by atoms with Crippen molar-refractivity contribution in [2.75, 3.05) is 0 Å². The van der Waals surface area contributed by atoms with E-state index in [2.05, 4.69) is 76.8 Å². The van der Waals surface area contributed by atoms with Gasteiger partial charge in [0.25, 0.3) is 0 Å². The van der Waals surface area contributed by atoms with Crippen molar-refractivity contribution in [2.45, 2.75) is 75.0 Å². The molecule has 17 rings (SSSR count). The van der Waals surface area contributed by atoms with Crippen LogP contribution in [0.15, 0.2) is 66.8 Å². The molecule has 3 aromatic rings. The van der Waals surface area contributed by atoms with Gasteiger partial charge in [0.2, 0.25) is 0 Å². The standard InChI is InChI=1S/C44H37ClN4/c45-42-43-40-26-13-9-24(10-14-26)38(40)32(48-43)18-30-36-22-5-1-20(2-6-22)34(36)28(46-30)17-29-35-21-3-7-23(8-4-21)37(35)31(47-29)19-33-39-25-11-15-27(16-12-25)41(39)44(42)49-33/h1,3,5,7,9,11,13,15,17-27,46-47H,2,4,6,8,10,12,14,16H2. The van der Waals surface area contributed by atoms with E-state index < -0.39 is 0 Å². The fraction of sp³-hybridized carbons (Fsp3) is 0.364. The normalized spacial score (nSPS) is 33.1. The van der Waals surface area contributed by atoms with Crippen molar-refractivity contribution >= 4 is 56.0 Å². The van der Waals surface area contributed by atoms with E-state index in [-0.39, 0.29) is 0 Å². The smallest absolute Gasteiger partial charge is 0.0925 e. The topological polar surface area (TPSA) is 57.4 Å². The summed E-state index contributed by atoms with van der Waals surface area (Å²) in [5, 5.41) is 0.751. The van der Waals surface area contributed by atoms with E-state index >= 15 is 0 Å². The van der Waals surface area contributed by atoms with Gasteiger partial charge in [-0.1, -0.05) is 60.2 Å². The Morgan fingerprint density at radius 2 is 0.714 bits per heavy atom. The molecule has 8 atom stereocenters. The van der Waals surface area contributed by atoms with Crippen molar-refractivity contribution in [3.05, 3.63) is 117 Å². The van der Waals surface area contributed by atoms with Crippen LogP contribution in [0.5, 0.6) is 0 Å². The van der Waals surface area contributed by atoms with Crippen LogP contribution in [0.3, 0.4) is 0 Å². The van der Waals surface area contributed by atoms with Gasteiger partial charge in [0.15, 0.2) is 0 Å². The van der Waals surface area contributed by atoms with Gasteiger partial charge < -0.3 is 9.97 Å². The lowest BCUT2D eigenvalue weighted by atomic mass is 9.69. The number of H-pyrrole nitrogens is 2. The number of halogens is 1. The molecule has 8 unspecified atom stereocenters. The Labute approximate surface area is 290 Å². The first-order valence-electron chi connectivity index (χ1n) is 18.9. The number of nitrogens with one attached hydrogen (secondary N) is 2.